The topological polar surface area (TPSA) is 102 Å². The van der Waals surface area contributed by atoms with Gasteiger partial charge in [0.05, 0.1) is 31.4 Å². The van der Waals surface area contributed by atoms with E-state index in [1.165, 1.54) is 13.3 Å². The summed E-state index contributed by atoms with van der Waals surface area (Å²) in [4.78, 5) is 15.8. The van der Waals surface area contributed by atoms with Crippen LogP contribution in [0.4, 0.5) is 5.82 Å². The normalized spacial score (nSPS) is 14.8. The van der Waals surface area contributed by atoms with Gasteiger partial charge in [0, 0.05) is 46.2 Å². The summed E-state index contributed by atoms with van der Waals surface area (Å²) in [5, 5.41) is 18.5. The highest BCUT2D eigenvalue weighted by Crippen LogP contribution is 2.25. The quantitative estimate of drug-likeness (QED) is 0.296. The average Bonchev–Trinajstić information content (AvgIpc) is 2.97. The van der Waals surface area contributed by atoms with E-state index in [2.05, 4.69) is 66.3 Å². The molecular weight excluding hydrogens is 504 g/mol. The van der Waals surface area contributed by atoms with Gasteiger partial charge < -0.3 is 15.2 Å². The van der Waals surface area contributed by atoms with Gasteiger partial charge in [-0.3, -0.25) is 14.8 Å². The van der Waals surface area contributed by atoms with Crippen LogP contribution in [0.15, 0.2) is 66.6 Å². The number of amides is 1. The molecule has 222 valence electrons. The van der Waals surface area contributed by atoms with Crippen molar-refractivity contribution in [3.8, 4) is 0 Å². The average molecular weight is 555 g/mol. The Morgan fingerprint density at radius 1 is 1.25 bits per heavy atom. The van der Waals surface area contributed by atoms with E-state index in [1.54, 1.807) is 25.6 Å². The van der Waals surface area contributed by atoms with E-state index >= 15 is 0 Å². The number of hydrogen-bond donors (Lipinski definition) is 3. The number of allylic oxidation sites excluding steroid dienone is 2. The van der Waals surface area contributed by atoms with E-state index in [0.29, 0.717) is 19.7 Å². The van der Waals surface area contributed by atoms with Gasteiger partial charge in [0.2, 0.25) is 5.91 Å². The van der Waals surface area contributed by atoms with Crippen molar-refractivity contribution in [2.24, 2.45) is 5.10 Å². The first kappa shape index (κ1) is 36.5. The van der Waals surface area contributed by atoms with Gasteiger partial charge in [-0.15, -0.1) is 0 Å². The number of methoxy groups -OCH3 is 1. The Balaban J connectivity index is 0.00000199. The van der Waals surface area contributed by atoms with Crippen molar-refractivity contribution in [2.45, 2.75) is 60.5 Å². The van der Waals surface area contributed by atoms with Crippen LogP contribution in [0.25, 0.3) is 5.57 Å². The number of benzene rings is 1. The second-order valence-corrected chi connectivity index (χ2v) is 8.58. The van der Waals surface area contributed by atoms with Crippen LogP contribution in [0.3, 0.4) is 0 Å². The summed E-state index contributed by atoms with van der Waals surface area (Å²) in [5.74, 6) is 0.728. The number of likely N-dealkylation sites (N-methyl/N-ethyl adjacent to an activating group) is 1. The van der Waals surface area contributed by atoms with Gasteiger partial charge in [-0.2, -0.15) is 5.10 Å². The van der Waals surface area contributed by atoms with Crippen LogP contribution >= 0.6 is 0 Å². The Morgan fingerprint density at radius 3 is 2.42 bits per heavy atom. The largest absolute Gasteiger partial charge is 0.400 e. The first-order valence-corrected chi connectivity index (χ1v) is 13.8. The lowest BCUT2D eigenvalue weighted by atomic mass is 10.0. The zero-order valence-corrected chi connectivity index (χ0v) is 25.9. The number of nitrogens with one attached hydrogen (secondary N) is 2. The molecular formula is C31H50N6O3. The van der Waals surface area contributed by atoms with Crippen LogP contribution < -0.4 is 15.8 Å². The monoisotopic (exact) mass is 554 g/mol. The minimum absolute atomic E-state index is 0.0129. The number of hydrazone groups is 1. The zero-order valence-electron chi connectivity index (χ0n) is 25.9. The Labute approximate surface area is 241 Å². The molecule has 0 saturated carbocycles. The molecule has 2 aromatic rings. The first-order chi connectivity index (χ1) is 19.3. The lowest BCUT2D eigenvalue weighted by molar-refractivity contribution is -0.118. The van der Waals surface area contributed by atoms with Crippen molar-refractivity contribution in [3.63, 3.8) is 0 Å². The Hall–Kier alpha value is -3.53. The maximum atomic E-state index is 11.2. The molecule has 1 aliphatic heterocycles. The summed E-state index contributed by atoms with van der Waals surface area (Å²) in [6, 6.07) is 12.2. The number of anilines is 1. The van der Waals surface area contributed by atoms with Gasteiger partial charge >= 0.3 is 0 Å². The summed E-state index contributed by atoms with van der Waals surface area (Å²) in [6.45, 7) is 17.6. The van der Waals surface area contributed by atoms with Crippen molar-refractivity contribution < 1.29 is 14.6 Å². The molecule has 0 spiro atoms. The number of pyridine rings is 1. The molecule has 0 saturated heterocycles. The number of rotatable bonds is 9. The van der Waals surface area contributed by atoms with Crippen LogP contribution in [0.5, 0.6) is 0 Å². The van der Waals surface area contributed by atoms with Crippen LogP contribution in [-0.4, -0.2) is 67.2 Å². The molecule has 1 aromatic heterocycles. The van der Waals surface area contributed by atoms with Crippen LogP contribution in [0.1, 0.15) is 64.7 Å². The lowest BCUT2D eigenvalue weighted by Crippen LogP contribution is -2.52. The molecule has 40 heavy (non-hydrogen) atoms. The minimum atomic E-state index is -0.116. The van der Waals surface area contributed by atoms with E-state index in [-0.39, 0.29) is 11.9 Å². The molecule has 9 heteroatoms. The van der Waals surface area contributed by atoms with Crippen molar-refractivity contribution in [3.05, 3.63) is 78.1 Å². The number of hydrogen-bond acceptors (Lipinski definition) is 8. The number of carbonyl (C=O) groups excluding carboxylic acids is 1. The van der Waals surface area contributed by atoms with Crippen molar-refractivity contribution >= 4 is 23.0 Å². The number of hydrazine groups is 1. The van der Waals surface area contributed by atoms with Gasteiger partial charge in [0.15, 0.2) is 5.82 Å². The third kappa shape index (κ3) is 12.1. The molecule has 0 radical (unpaired) electrons. The molecule has 0 aliphatic carbocycles. The molecule has 2 heterocycles. The zero-order chi connectivity index (χ0) is 30.5. The fourth-order valence-electron chi connectivity index (χ4n) is 3.54. The number of aromatic nitrogens is 1. The standard InChI is InChI=1S/C25H32N6O2.C3H8.C2H6.CH4O/c1-6-21(16-27-19(3)32)22-11-9-20(10-12-22)17-31-25-23(8-7-13-26-25)24(18(2)28-31)29-30(4)14-15-33-5;1-3-2;2*1-2/h6-13,16,18,28H,1,14-15,17H2,2-5H3,(H,27,32);3H2,1-2H3;1-2H3;2H,1H3/b21-16+,29-24+;;;. The number of carbonyl (C=O) groups is 1. The van der Waals surface area contributed by atoms with E-state index < -0.39 is 0 Å². The molecule has 1 atom stereocenters. The second-order valence-electron chi connectivity index (χ2n) is 8.58. The van der Waals surface area contributed by atoms with Crippen LogP contribution in [0.2, 0.25) is 0 Å². The number of aliphatic hydroxyl groups excluding tert-OH is 1. The van der Waals surface area contributed by atoms with Gasteiger partial charge in [-0.05, 0) is 35.8 Å². The molecule has 1 aromatic carbocycles. The Morgan fingerprint density at radius 2 is 1.88 bits per heavy atom. The van der Waals surface area contributed by atoms with E-state index in [9.17, 15) is 4.79 Å². The number of nitrogens with zero attached hydrogens (tertiary/aromatic N) is 4. The molecule has 1 amide bonds. The molecule has 0 fully saturated rings. The van der Waals surface area contributed by atoms with E-state index in [1.807, 2.05) is 44.1 Å². The molecule has 9 nitrogen and oxygen atoms in total. The fraction of sp³-hybridized carbons (Fsp3) is 0.452. The predicted molar refractivity (Wildman–Crippen MR) is 168 cm³/mol. The SMILES string of the molecule is C=C/C(=C\NC(C)=O)c1ccc(CN2NC(C)/C(=N\N(C)CCOC)c3cccnc32)cc1.CC.CCC.CO. The summed E-state index contributed by atoms with van der Waals surface area (Å²) in [5.41, 5.74) is 8.43. The van der Waals surface area contributed by atoms with Gasteiger partial charge in [0.1, 0.15) is 0 Å². The van der Waals surface area contributed by atoms with Crippen LogP contribution in [0, 0.1) is 0 Å². The highest BCUT2D eigenvalue weighted by molar-refractivity contribution is 6.09. The molecule has 3 rings (SSSR count). The number of fused-ring (bicyclic) bond motifs is 1. The van der Waals surface area contributed by atoms with Gasteiger partial charge in [-0.25, -0.2) is 10.4 Å². The molecule has 3 N–H and O–H groups in total. The third-order valence-corrected chi connectivity index (χ3v) is 5.25. The maximum Gasteiger partial charge on any atom is 0.220 e. The predicted octanol–water partition coefficient (Wildman–Crippen LogP) is 4.99. The fourth-order valence-corrected chi connectivity index (χ4v) is 3.54. The highest BCUT2D eigenvalue weighted by Gasteiger charge is 2.28. The maximum absolute atomic E-state index is 11.2. The summed E-state index contributed by atoms with van der Waals surface area (Å²) < 4.78 is 5.16. The number of ether oxygens (including phenoxy) is 1. The van der Waals surface area contributed by atoms with E-state index in [0.717, 1.165) is 40.9 Å². The van der Waals surface area contributed by atoms with Crippen molar-refractivity contribution in [1.29, 1.82) is 0 Å². The first-order valence-electron chi connectivity index (χ1n) is 13.8. The summed E-state index contributed by atoms with van der Waals surface area (Å²) in [6.07, 6.45) is 6.44. The third-order valence-electron chi connectivity index (χ3n) is 5.25. The Kier molecular flexibility index (Phi) is 19.4. The smallest absolute Gasteiger partial charge is 0.220 e. The van der Waals surface area contributed by atoms with Crippen molar-refractivity contribution in [1.82, 2.24) is 20.7 Å². The van der Waals surface area contributed by atoms with Gasteiger partial charge in [-0.1, -0.05) is 71.0 Å². The highest BCUT2D eigenvalue weighted by atomic mass is 16.5. The van der Waals surface area contributed by atoms with E-state index in [4.69, 9.17) is 14.9 Å². The Bertz CT molecular complexity index is 1050. The second kappa shape index (κ2) is 21.3. The molecule has 0 bridgehead atoms. The molecule has 1 unspecified atom stereocenters. The summed E-state index contributed by atoms with van der Waals surface area (Å²) >= 11 is 0. The lowest BCUT2D eigenvalue weighted by Gasteiger charge is -2.36. The van der Waals surface area contributed by atoms with Crippen molar-refractivity contribution in [2.75, 3.05) is 39.4 Å². The summed E-state index contributed by atoms with van der Waals surface area (Å²) in [7, 11) is 4.63. The van der Waals surface area contributed by atoms with Crippen LogP contribution in [-0.2, 0) is 16.1 Å². The molecule has 1 aliphatic rings. The number of aliphatic hydroxyl groups is 1. The van der Waals surface area contributed by atoms with Gasteiger partial charge in [0.25, 0.3) is 0 Å². The minimum Gasteiger partial charge on any atom is -0.400 e.